The minimum atomic E-state index is 1.08. The van der Waals surface area contributed by atoms with E-state index in [0.29, 0.717) is 0 Å². The van der Waals surface area contributed by atoms with E-state index in [1.165, 1.54) is 26.4 Å². The molecule has 0 spiro atoms. The Bertz CT molecular complexity index is 312. The average molecular weight is 244 g/mol. The van der Waals surface area contributed by atoms with Gasteiger partial charge < -0.3 is 5.32 Å². The summed E-state index contributed by atoms with van der Waals surface area (Å²) in [6.45, 7) is 3.22. The molecule has 2 rings (SSSR count). The second-order valence-corrected chi connectivity index (χ2v) is 4.92. The molecule has 1 N–H and O–H groups in total. The predicted octanol–water partition coefficient (Wildman–Crippen LogP) is 3.28. The molecule has 0 bridgehead atoms. The summed E-state index contributed by atoms with van der Waals surface area (Å²) in [6, 6.07) is 4.33. The third-order valence-corrected chi connectivity index (χ3v) is 3.42. The number of fused-ring (bicyclic) bond motifs is 1. The molecule has 1 aliphatic rings. The average Bonchev–Trinajstić information content (AvgIpc) is 2.04. The molecule has 1 aromatic rings. The molecule has 64 valence electrons. The van der Waals surface area contributed by atoms with Gasteiger partial charge in [0, 0.05) is 21.7 Å². The highest BCUT2D eigenvalue weighted by Gasteiger charge is 2.11. The SMILES string of the molecule is Cc1cc(Br)cc2c1NCCS2. The number of hydrogen-bond acceptors (Lipinski definition) is 2. The number of benzene rings is 1. The van der Waals surface area contributed by atoms with Gasteiger partial charge in [0.2, 0.25) is 0 Å². The number of rotatable bonds is 0. The standard InChI is InChI=1S/C9H10BrNS/c1-6-4-7(10)5-8-9(6)11-2-3-12-8/h4-5,11H,2-3H2,1H3. The number of hydrogen-bond donors (Lipinski definition) is 1. The van der Waals surface area contributed by atoms with Gasteiger partial charge in [0.05, 0.1) is 5.69 Å². The van der Waals surface area contributed by atoms with E-state index in [4.69, 9.17) is 0 Å². The van der Waals surface area contributed by atoms with Crippen molar-refractivity contribution in [1.29, 1.82) is 0 Å². The first-order chi connectivity index (χ1) is 5.77. The van der Waals surface area contributed by atoms with Crippen molar-refractivity contribution in [3.8, 4) is 0 Å². The first-order valence-electron chi connectivity index (χ1n) is 3.94. The molecule has 1 nitrogen and oxygen atoms in total. The van der Waals surface area contributed by atoms with Crippen molar-refractivity contribution in [2.45, 2.75) is 11.8 Å². The number of nitrogens with one attached hydrogen (secondary N) is 1. The van der Waals surface area contributed by atoms with Crippen molar-refractivity contribution in [3.05, 3.63) is 22.2 Å². The third kappa shape index (κ3) is 1.48. The highest BCUT2D eigenvalue weighted by Crippen LogP contribution is 2.35. The van der Waals surface area contributed by atoms with Crippen molar-refractivity contribution in [2.24, 2.45) is 0 Å². The summed E-state index contributed by atoms with van der Waals surface area (Å²) in [5.74, 6) is 1.17. The van der Waals surface area contributed by atoms with Crippen LogP contribution in [0.4, 0.5) is 5.69 Å². The van der Waals surface area contributed by atoms with Crippen molar-refractivity contribution in [3.63, 3.8) is 0 Å². The summed E-state index contributed by atoms with van der Waals surface area (Å²) >= 11 is 5.42. The van der Waals surface area contributed by atoms with Gasteiger partial charge in [-0.05, 0) is 24.6 Å². The quantitative estimate of drug-likeness (QED) is 0.751. The molecule has 0 radical (unpaired) electrons. The number of aryl methyl sites for hydroxylation is 1. The van der Waals surface area contributed by atoms with E-state index in [2.05, 4.69) is 40.3 Å². The summed E-state index contributed by atoms with van der Waals surface area (Å²) in [4.78, 5) is 1.37. The minimum absolute atomic E-state index is 1.08. The van der Waals surface area contributed by atoms with Crippen molar-refractivity contribution in [2.75, 3.05) is 17.6 Å². The molecule has 0 saturated heterocycles. The van der Waals surface area contributed by atoms with Gasteiger partial charge >= 0.3 is 0 Å². The Morgan fingerprint density at radius 3 is 3.17 bits per heavy atom. The first kappa shape index (κ1) is 8.45. The summed E-state index contributed by atoms with van der Waals surface area (Å²) < 4.78 is 1.18. The van der Waals surface area contributed by atoms with Crippen LogP contribution in [0.5, 0.6) is 0 Å². The zero-order valence-corrected chi connectivity index (χ0v) is 9.26. The maximum absolute atomic E-state index is 3.50. The molecule has 0 fully saturated rings. The molecule has 0 aromatic heterocycles. The van der Waals surface area contributed by atoms with Gasteiger partial charge in [-0.2, -0.15) is 0 Å². The van der Waals surface area contributed by atoms with Gasteiger partial charge in [0.1, 0.15) is 0 Å². The summed E-state index contributed by atoms with van der Waals surface area (Å²) in [5, 5.41) is 3.42. The number of halogens is 1. The summed E-state index contributed by atoms with van der Waals surface area (Å²) in [6.07, 6.45) is 0. The maximum atomic E-state index is 3.50. The molecular weight excluding hydrogens is 234 g/mol. The highest BCUT2D eigenvalue weighted by molar-refractivity contribution is 9.10. The fourth-order valence-corrected chi connectivity index (χ4v) is 3.13. The predicted molar refractivity (Wildman–Crippen MR) is 58.1 cm³/mol. The largest absolute Gasteiger partial charge is 0.383 e. The lowest BCUT2D eigenvalue weighted by atomic mass is 10.2. The van der Waals surface area contributed by atoms with E-state index in [-0.39, 0.29) is 0 Å². The van der Waals surface area contributed by atoms with Crippen LogP contribution in [0, 0.1) is 6.92 Å². The van der Waals surface area contributed by atoms with Crippen LogP contribution in [0.1, 0.15) is 5.56 Å². The molecule has 12 heavy (non-hydrogen) atoms. The fourth-order valence-electron chi connectivity index (χ4n) is 1.39. The second kappa shape index (κ2) is 3.30. The Morgan fingerprint density at radius 1 is 1.50 bits per heavy atom. The van der Waals surface area contributed by atoms with Crippen LogP contribution >= 0.6 is 27.7 Å². The summed E-state index contributed by atoms with van der Waals surface area (Å²) in [5.41, 5.74) is 2.64. The van der Waals surface area contributed by atoms with Crippen molar-refractivity contribution >= 4 is 33.4 Å². The Morgan fingerprint density at radius 2 is 2.33 bits per heavy atom. The van der Waals surface area contributed by atoms with Crippen LogP contribution in [0.25, 0.3) is 0 Å². The monoisotopic (exact) mass is 243 g/mol. The Hall–Kier alpha value is -0.150. The molecule has 0 unspecified atom stereocenters. The van der Waals surface area contributed by atoms with Crippen molar-refractivity contribution in [1.82, 2.24) is 0 Å². The molecule has 0 atom stereocenters. The molecule has 0 aliphatic carbocycles. The number of thioether (sulfide) groups is 1. The van der Waals surface area contributed by atoms with E-state index in [1.807, 2.05) is 11.8 Å². The zero-order chi connectivity index (χ0) is 8.55. The molecule has 1 aliphatic heterocycles. The Balaban J connectivity index is 2.53. The topological polar surface area (TPSA) is 12.0 Å². The Kier molecular flexibility index (Phi) is 2.33. The molecule has 3 heteroatoms. The first-order valence-corrected chi connectivity index (χ1v) is 5.72. The smallest absolute Gasteiger partial charge is 0.0509 e. The van der Waals surface area contributed by atoms with Crippen LogP contribution in [0.2, 0.25) is 0 Å². The molecular formula is C9H10BrNS. The molecule has 0 amide bonds. The highest BCUT2D eigenvalue weighted by atomic mass is 79.9. The number of anilines is 1. The van der Waals surface area contributed by atoms with Gasteiger partial charge in [0.15, 0.2) is 0 Å². The van der Waals surface area contributed by atoms with E-state index in [0.717, 1.165) is 6.54 Å². The fraction of sp³-hybridized carbons (Fsp3) is 0.333. The molecule has 0 saturated carbocycles. The zero-order valence-electron chi connectivity index (χ0n) is 6.86. The molecule has 1 aromatic carbocycles. The third-order valence-electron chi connectivity index (χ3n) is 1.93. The lowest BCUT2D eigenvalue weighted by molar-refractivity contribution is 1.15. The van der Waals surface area contributed by atoms with Gasteiger partial charge in [-0.25, -0.2) is 0 Å². The molecule has 1 heterocycles. The lowest BCUT2D eigenvalue weighted by Crippen LogP contribution is -2.11. The Labute approximate surface area is 85.1 Å². The van der Waals surface area contributed by atoms with Crippen LogP contribution in [-0.4, -0.2) is 12.3 Å². The van der Waals surface area contributed by atoms with E-state index in [9.17, 15) is 0 Å². The van der Waals surface area contributed by atoms with Crippen LogP contribution in [0.15, 0.2) is 21.5 Å². The van der Waals surface area contributed by atoms with Gasteiger partial charge in [-0.3, -0.25) is 0 Å². The van der Waals surface area contributed by atoms with Crippen LogP contribution < -0.4 is 5.32 Å². The second-order valence-electron chi connectivity index (χ2n) is 2.87. The lowest BCUT2D eigenvalue weighted by Gasteiger charge is -2.19. The van der Waals surface area contributed by atoms with Crippen molar-refractivity contribution < 1.29 is 0 Å². The minimum Gasteiger partial charge on any atom is -0.383 e. The summed E-state index contributed by atoms with van der Waals surface area (Å²) in [7, 11) is 0. The van der Waals surface area contributed by atoms with Crippen LogP contribution in [0.3, 0.4) is 0 Å². The van der Waals surface area contributed by atoms with Gasteiger partial charge in [-0.1, -0.05) is 15.9 Å². The normalized spacial score (nSPS) is 15.2. The van der Waals surface area contributed by atoms with Gasteiger partial charge in [-0.15, -0.1) is 11.8 Å². The van der Waals surface area contributed by atoms with Crippen LogP contribution in [-0.2, 0) is 0 Å². The maximum Gasteiger partial charge on any atom is 0.0509 e. The van der Waals surface area contributed by atoms with E-state index in [1.54, 1.807) is 0 Å². The van der Waals surface area contributed by atoms with Gasteiger partial charge in [0.25, 0.3) is 0 Å². The van der Waals surface area contributed by atoms with E-state index >= 15 is 0 Å². The van der Waals surface area contributed by atoms with E-state index < -0.39 is 0 Å².